The number of carboxylic acid groups (broad SMARTS) is 1. The summed E-state index contributed by atoms with van der Waals surface area (Å²) in [5.74, 6) is -5.77. The van der Waals surface area contributed by atoms with Crippen LogP contribution in [0.15, 0.2) is 0 Å². The maximum atomic E-state index is 12.7. The first-order valence-corrected chi connectivity index (χ1v) is 4.63. The first-order chi connectivity index (χ1) is 6.27. The molecule has 0 bridgehead atoms. The van der Waals surface area contributed by atoms with Crippen LogP contribution >= 0.6 is 0 Å². The second-order valence-electron chi connectivity index (χ2n) is 3.63. The van der Waals surface area contributed by atoms with E-state index in [1.165, 1.54) is 0 Å². The van der Waals surface area contributed by atoms with Crippen LogP contribution < -0.4 is 5.32 Å². The highest BCUT2D eigenvalue weighted by Gasteiger charge is 2.40. The van der Waals surface area contributed by atoms with Crippen molar-refractivity contribution >= 4 is 5.97 Å². The van der Waals surface area contributed by atoms with E-state index in [2.05, 4.69) is 5.32 Å². The van der Waals surface area contributed by atoms with Crippen molar-refractivity contribution in [1.82, 2.24) is 5.32 Å². The number of rotatable bonds is 6. The third-order valence-electron chi connectivity index (χ3n) is 2.61. The van der Waals surface area contributed by atoms with Gasteiger partial charge in [0.05, 0.1) is 6.54 Å². The Morgan fingerprint density at radius 3 is 2.07 bits per heavy atom. The predicted molar refractivity (Wildman–Crippen MR) is 49.6 cm³/mol. The molecule has 0 aliphatic rings. The number of nitrogens with one attached hydrogen (secondary N) is 1. The fourth-order valence-electron chi connectivity index (χ4n) is 0.900. The normalized spacial score (nSPS) is 12.9. The summed E-state index contributed by atoms with van der Waals surface area (Å²) < 4.78 is 25.4. The number of hydrogen-bond donors (Lipinski definition) is 2. The highest BCUT2D eigenvalue weighted by molar-refractivity contribution is 5.75. The maximum absolute atomic E-state index is 12.7. The molecule has 3 nitrogen and oxygen atoms in total. The van der Waals surface area contributed by atoms with E-state index in [0.29, 0.717) is 12.8 Å². The lowest BCUT2D eigenvalue weighted by atomic mass is 9.95. The van der Waals surface area contributed by atoms with Gasteiger partial charge in [-0.05, 0) is 19.8 Å². The van der Waals surface area contributed by atoms with Crippen LogP contribution in [0.2, 0.25) is 0 Å². The molecular formula is C9H17F2NO2. The van der Waals surface area contributed by atoms with Crippen molar-refractivity contribution in [3.63, 3.8) is 0 Å². The molecule has 5 heteroatoms. The molecule has 0 fully saturated rings. The average Bonchev–Trinajstić information content (AvgIpc) is 2.14. The zero-order valence-electron chi connectivity index (χ0n) is 8.73. The quantitative estimate of drug-likeness (QED) is 0.702. The van der Waals surface area contributed by atoms with E-state index >= 15 is 0 Å². The van der Waals surface area contributed by atoms with Crippen LogP contribution in [-0.4, -0.2) is 29.1 Å². The van der Waals surface area contributed by atoms with Crippen LogP contribution in [0.25, 0.3) is 0 Å². The number of carboxylic acids is 1. The van der Waals surface area contributed by atoms with Gasteiger partial charge in [-0.25, -0.2) is 4.79 Å². The van der Waals surface area contributed by atoms with Crippen molar-refractivity contribution in [2.75, 3.05) is 6.54 Å². The van der Waals surface area contributed by atoms with Crippen LogP contribution in [0.4, 0.5) is 8.78 Å². The first-order valence-electron chi connectivity index (χ1n) is 4.63. The third-order valence-corrected chi connectivity index (χ3v) is 2.61. The lowest BCUT2D eigenvalue weighted by molar-refractivity contribution is -0.164. The fraction of sp³-hybridized carbons (Fsp3) is 0.889. The van der Waals surface area contributed by atoms with Gasteiger partial charge in [0.15, 0.2) is 0 Å². The van der Waals surface area contributed by atoms with Crippen LogP contribution in [-0.2, 0) is 4.79 Å². The molecule has 0 aromatic heterocycles. The monoisotopic (exact) mass is 209 g/mol. The Morgan fingerprint density at radius 2 is 1.79 bits per heavy atom. The number of carbonyl (C=O) groups is 1. The summed E-state index contributed by atoms with van der Waals surface area (Å²) in [6.45, 7) is 4.72. The number of halogens is 2. The van der Waals surface area contributed by atoms with Gasteiger partial charge in [0, 0.05) is 5.54 Å². The van der Waals surface area contributed by atoms with Gasteiger partial charge in [0.2, 0.25) is 0 Å². The van der Waals surface area contributed by atoms with Gasteiger partial charge < -0.3 is 10.4 Å². The Bertz CT molecular complexity index is 203. The van der Waals surface area contributed by atoms with Gasteiger partial charge >= 0.3 is 11.9 Å². The molecule has 0 rings (SSSR count). The number of aliphatic carboxylic acids is 1. The molecule has 0 heterocycles. The molecule has 0 aliphatic heterocycles. The van der Waals surface area contributed by atoms with Crippen molar-refractivity contribution in [3.05, 3.63) is 0 Å². The summed E-state index contributed by atoms with van der Waals surface area (Å²) in [5.41, 5.74) is -0.418. The summed E-state index contributed by atoms with van der Waals surface area (Å²) in [5, 5.41) is 10.8. The van der Waals surface area contributed by atoms with Crippen molar-refractivity contribution < 1.29 is 18.7 Å². The number of alkyl halides is 2. The topological polar surface area (TPSA) is 49.3 Å². The predicted octanol–water partition coefficient (Wildman–Crippen LogP) is 1.87. The molecule has 0 unspecified atom stereocenters. The van der Waals surface area contributed by atoms with E-state index in [0.717, 1.165) is 0 Å². The molecule has 0 aliphatic carbocycles. The molecule has 0 aromatic carbocycles. The molecule has 0 saturated heterocycles. The summed E-state index contributed by atoms with van der Waals surface area (Å²) in [6, 6.07) is 0. The Labute approximate surface area is 82.5 Å². The zero-order chi connectivity index (χ0) is 11.4. The van der Waals surface area contributed by atoms with Crippen LogP contribution in [0.3, 0.4) is 0 Å². The molecule has 0 spiro atoms. The second-order valence-corrected chi connectivity index (χ2v) is 3.63. The molecular weight excluding hydrogens is 192 g/mol. The molecule has 0 amide bonds. The highest BCUT2D eigenvalue weighted by Crippen LogP contribution is 2.18. The molecule has 0 saturated carbocycles. The van der Waals surface area contributed by atoms with Crippen molar-refractivity contribution in [2.45, 2.75) is 45.1 Å². The molecule has 0 radical (unpaired) electrons. The van der Waals surface area contributed by atoms with Gasteiger partial charge in [-0.3, -0.25) is 0 Å². The van der Waals surface area contributed by atoms with Gasteiger partial charge in [0.1, 0.15) is 0 Å². The summed E-state index contributed by atoms with van der Waals surface area (Å²) in [6.07, 6.45) is 1.36. The Kier molecular flexibility index (Phi) is 4.45. The van der Waals surface area contributed by atoms with E-state index in [4.69, 9.17) is 5.11 Å². The largest absolute Gasteiger partial charge is 0.477 e. The summed E-state index contributed by atoms with van der Waals surface area (Å²) in [7, 11) is 0. The standard InChI is InChI=1S/C9H17F2NO2/c1-4-8(3,5-2)12-6-9(10,11)7(13)14/h12H,4-6H2,1-3H3,(H,13,14). The fourth-order valence-corrected chi connectivity index (χ4v) is 0.900. The van der Waals surface area contributed by atoms with Gasteiger partial charge in [0.25, 0.3) is 0 Å². The molecule has 14 heavy (non-hydrogen) atoms. The SMILES string of the molecule is CCC(C)(CC)NCC(F)(F)C(=O)O. The lowest BCUT2D eigenvalue weighted by Crippen LogP contribution is -2.49. The van der Waals surface area contributed by atoms with Crippen LogP contribution in [0.5, 0.6) is 0 Å². The van der Waals surface area contributed by atoms with E-state index in [-0.39, 0.29) is 0 Å². The minimum atomic E-state index is -3.69. The molecule has 2 N–H and O–H groups in total. The Morgan fingerprint density at radius 1 is 1.36 bits per heavy atom. The summed E-state index contributed by atoms with van der Waals surface area (Å²) >= 11 is 0. The smallest absolute Gasteiger partial charge is 0.375 e. The highest BCUT2D eigenvalue weighted by atomic mass is 19.3. The van der Waals surface area contributed by atoms with E-state index in [9.17, 15) is 13.6 Å². The second kappa shape index (κ2) is 4.68. The van der Waals surface area contributed by atoms with E-state index in [1.54, 1.807) is 6.92 Å². The van der Waals surface area contributed by atoms with Crippen molar-refractivity contribution in [3.8, 4) is 0 Å². The molecule has 0 aromatic rings. The maximum Gasteiger partial charge on any atom is 0.375 e. The van der Waals surface area contributed by atoms with Gasteiger partial charge in [-0.2, -0.15) is 8.78 Å². The summed E-state index contributed by atoms with van der Waals surface area (Å²) in [4.78, 5) is 10.1. The van der Waals surface area contributed by atoms with Crippen molar-refractivity contribution in [2.24, 2.45) is 0 Å². The number of hydrogen-bond acceptors (Lipinski definition) is 2. The average molecular weight is 209 g/mol. The van der Waals surface area contributed by atoms with E-state index in [1.807, 2.05) is 13.8 Å². The molecule has 0 atom stereocenters. The van der Waals surface area contributed by atoms with Crippen molar-refractivity contribution in [1.29, 1.82) is 0 Å². The zero-order valence-corrected chi connectivity index (χ0v) is 8.73. The van der Waals surface area contributed by atoms with Gasteiger partial charge in [-0.15, -0.1) is 0 Å². The van der Waals surface area contributed by atoms with Gasteiger partial charge in [-0.1, -0.05) is 13.8 Å². The van der Waals surface area contributed by atoms with Crippen LogP contribution in [0.1, 0.15) is 33.6 Å². The minimum absolute atomic E-state index is 0.418. The van der Waals surface area contributed by atoms with Crippen LogP contribution in [0, 0.1) is 0 Å². The minimum Gasteiger partial charge on any atom is -0.477 e. The third kappa shape index (κ3) is 3.57. The Hall–Kier alpha value is -0.710. The first kappa shape index (κ1) is 13.3. The van der Waals surface area contributed by atoms with E-state index < -0.39 is 24.0 Å². The lowest BCUT2D eigenvalue weighted by Gasteiger charge is -2.29. The molecule has 84 valence electrons. The Balaban J connectivity index is 4.23.